The molecule has 2 N–H and O–H groups in total. The maximum absolute atomic E-state index is 5.27. The van der Waals surface area contributed by atoms with Gasteiger partial charge in [-0.3, -0.25) is 0 Å². The predicted octanol–water partition coefficient (Wildman–Crippen LogP) is 3.80. The molecular weight excluding hydrogens is 537 g/mol. The Balaban J connectivity index is 0. The van der Waals surface area contributed by atoms with Crippen LogP contribution in [0.2, 0.25) is 0 Å². The second-order valence-electron chi connectivity index (χ2n) is 2.10. The normalized spacial score (nSPS) is 8.45. The summed E-state index contributed by atoms with van der Waals surface area (Å²) in [5.74, 6) is 0. The number of nitrogens with two attached hydrogens (primary N) is 1. The molecule has 0 amide bonds. The summed E-state index contributed by atoms with van der Waals surface area (Å²) in [6, 6.07) is 0. The third-order valence-corrected chi connectivity index (χ3v) is 1.06. The quantitative estimate of drug-likeness (QED) is 0.321. The first-order valence-electron chi connectivity index (χ1n) is 3.77. The summed E-state index contributed by atoms with van der Waals surface area (Å²) in [4.78, 5) is 0. The third-order valence-electron chi connectivity index (χ3n) is 1.06. The van der Waals surface area contributed by atoms with E-state index in [4.69, 9.17) is 5.73 Å². The standard InChI is InChI=1S/C6H15N.Ga.3HI/c1-2-3-4-5-6-7;;;;/h2-7H2,1H3;;3*1H/q;+3;;;/p-3. The van der Waals surface area contributed by atoms with Crippen molar-refractivity contribution < 1.29 is 0 Å². The van der Waals surface area contributed by atoms with Crippen LogP contribution in [0.15, 0.2) is 0 Å². The first kappa shape index (κ1) is 16.2. The molecule has 0 bridgehead atoms. The molecule has 0 saturated carbocycles. The molecule has 0 aromatic carbocycles. The monoisotopic (exact) mass is 551 g/mol. The van der Waals surface area contributed by atoms with E-state index < -0.39 is 5.58 Å². The Hall–Kier alpha value is 2.79. The van der Waals surface area contributed by atoms with Crippen LogP contribution < -0.4 is 5.73 Å². The number of halogens is 3. The van der Waals surface area contributed by atoms with Crippen LogP contribution in [0.3, 0.4) is 0 Å². The molecule has 0 aromatic rings. The molecule has 1 nitrogen and oxygen atoms in total. The Morgan fingerprint density at radius 3 is 1.82 bits per heavy atom. The maximum atomic E-state index is 5.27. The summed E-state index contributed by atoms with van der Waals surface area (Å²) in [7, 11) is 0. The minimum atomic E-state index is -0.569. The van der Waals surface area contributed by atoms with E-state index in [1.807, 2.05) is 0 Å². The number of rotatable bonds is 4. The molecule has 0 radical (unpaired) electrons. The van der Waals surface area contributed by atoms with Gasteiger partial charge >= 0.3 is 64.6 Å². The molecule has 0 aliphatic rings. The molecule has 0 fully saturated rings. The van der Waals surface area contributed by atoms with Crippen LogP contribution in [0.25, 0.3) is 0 Å². The van der Waals surface area contributed by atoms with Crippen molar-refractivity contribution >= 4 is 64.6 Å². The van der Waals surface area contributed by atoms with Crippen molar-refractivity contribution in [2.75, 3.05) is 6.54 Å². The van der Waals surface area contributed by atoms with Crippen molar-refractivity contribution in [3.05, 3.63) is 0 Å². The molecule has 0 aliphatic carbocycles. The Morgan fingerprint density at radius 1 is 1.09 bits per heavy atom. The molecule has 11 heavy (non-hydrogen) atoms. The Kier molecular flexibility index (Phi) is 22.5. The second-order valence-corrected chi connectivity index (χ2v) is 59.7. The van der Waals surface area contributed by atoms with Crippen LogP contribution in [0.1, 0.15) is 32.6 Å². The van der Waals surface area contributed by atoms with Crippen molar-refractivity contribution in [2.24, 2.45) is 5.73 Å². The molecule has 0 aliphatic heterocycles. The van der Waals surface area contributed by atoms with Gasteiger partial charge in [0.2, 0.25) is 0 Å². The van der Waals surface area contributed by atoms with E-state index in [0.717, 1.165) is 6.54 Å². The van der Waals surface area contributed by atoms with Crippen molar-refractivity contribution in [3.8, 4) is 0 Å². The minimum absolute atomic E-state index is 0.569. The van der Waals surface area contributed by atoms with E-state index in [-0.39, 0.29) is 0 Å². The zero-order valence-corrected chi connectivity index (χ0v) is 15.7. The molecule has 0 heterocycles. The van der Waals surface area contributed by atoms with Gasteiger partial charge < -0.3 is 5.73 Å². The molecule has 0 saturated heterocycles. The Labute approximate surface area is 107 Å². The van der Waals surface area contributed by atoms with Gasteiger partial charge in [-0.25, -0.2) is 0 Å². The summed E-state index contributed by atoms with van der Waals surface area (Å²) >= 11 is 7.51. The predicted molar refractivity (Wildman–Crippen MR) is 81.0 cm³/mol. The first-order chi connectivity index (χ1) is 5.15. The average Bonchev–Trinajstić information content (AvgIpc) is 1.88. The molecule has 0 rings (SSSR count). The number of unbranched alkanes of at least 4 members (excludes halogenated alkanes) is 3. The van der Waals surface area contributed by atoms with E-state index in [1.54, 1.807) is 0 Å². The molecule has 0 spiro atoms. The third kappa shape index (κ3) is 32.3. The fourth-order valence-electron chi connectivity index (χ4n) is 0.571. The van der Waals surface area contributed by atoms with Crippen molar-refractivity contribution in [1.82, 2.24) is 0 Å². The summed E-state index contributed by atoms with van der Waals surface area (Å²) in [6.45, 7) is 3.07. The zero-order chi connectivity index (χ0) is 9.11. The van der Waals surface area contributed by atoms with Crippen molar-refractivity contribution in [3.63, 3.8) is 0 Å². The van der Waals surface area contributed by atoms with Crippen LogP contribution in [0.4, 0.5) is 0 Å². The Morgan fingerprint density at radius 2 is 1.55 bits per heavy atom. The van der Waals surface area contributed by atoms with Crippen LogP contribution >= 0.6 is 59.0 Å². The molecule has 0 aromatic heterocycles. The van der Waals surface area contributed by atoms with Gasteiger partial charge in [0, 0.05) is 0 Å². The van der Waals surface area contributed by atoms with E-state index in [9.17, 15) is 0 Å². The van der Waals surface area contributed by atoms with Gasteiger partial charge in [-0.05, 0) is 13.0 Å². The fraction of sp³-hybridized carbons (Fsp3) is 1.00. The summed E-state index contributed by atoms with van der Waals surface area (Å²) in [5, 5.41) is 0. The van der Waals surface area contributed by atoms with Gasteiger partial charge in [0.25, 0.3) is 0 Å². The fourth-order valence-corrected chi connectivity index (χ4v) is 0.571. The van der Waals surface area contributed by atoms with Gasteiger partial charge in [-0.15, -0.1) is 0 Å². The van der Waals surface area contributed by atoms with Gasteiger partial charge in [0.1, 0.15) is 0 Å². The number of hydrogen-bond acceptors (Lipinski definition) is 1. The van der Waals surface area contributed by atoms with E-state index in [0.29, 0.717) is 0 Å². The summed E-state index contributed by atoms with van der Waals surface area (Å²) < 4.78 is 0. The van der Waals surface area contributed by atoms with Crippen LogP contribution in [-0.2, 0) is 0 Å². The van der Waals surface area contributed by atoms with Crippen molar-refractivity contribution in [2.45, 2.75) is 32.6 Å². The molecule has 0 atom stereocenters. The van der Waals surface area contributed by atoms with Gasteiger partial charge in [-0.1, -0.05) is 26.2 Å². The van der Waals surface area contributed by atoms with E-state index in [2.05, 4.69) is 65.9 Å². The molecular formula is C6H15GaI3N. The van der Waals surface area contributed by atoms with Gasteiger partial charge in [0.15, 0.2) is 0 Å². The summed E-state index contributed by atoms with van der Waals surface area (Å²) in [5.41, 5.74) is 4.70. The first-order valence-corrected chi connectivity index (χ1v) is 25.9. The Bertz CT molecular complexity index is 57.0. The van der Waals surface area contributed by atoms with Crippen LogP contribution in [0.5, 0.6) is 0 Å². The zero-order valence-electron chi connectivity index (χ0n) is 6.82. The number of hydrogen-bond donors (Lipinski definition) is 1. The second kappa shape index (κ2) is 15.3. The van der Waals surface area contributed by atoms with Gasteiger partial charge in [0.05, 0.1) is 0 Å². The van der Waals surface area contributed by atoms with Gasteiger partial charge in [-0.2, -0.15) is 0 Å². The van der Waals surface area contributed by atoms with Crippen LogP contribution in [-0.4, -0.2) is 12.1 Å². The SMILES string of the molecule is CCCCCCN.[I][Ga]([I])[I]. The molecule has 0 unspecified atom stereocenters. The van der Waals surface area contributed by atoms with Crippen LogP contribution in [0, 0.1) is 0 Å². The topological polar surface area (TPSA) is 26.0 Å². The summed E-state index contributed by atoms with van der Waals surface area (Å²) in [6.07, 6.45) is 5.16. The van der Waals surface area contributed by atoms with E-state index in [1.165, 1.54) is 25.7 Å². The molecule has 5 heteroatoms. The average molecular weight is 552 g/mol. The van der Waals surface area contributed by atoms with E-state index >= 15 is 0 Å². The molecule has 68 valence electrons. The van der Waals surface area contributed by atoms with Crippen molar-refractivity contribution in [1.29, 1.82) is 0 Å².